The van der Waals surface area contributed by atoms with Crippen molar-refractivity contribution in [2.45, 2.75) is 31.8 Å². The number of aliphatic hydroxyl groups is 1. The molecule has 1 aromatic heterocycles. The molecule has 1 aromatic rings. The van der Waals surface area contributed by atoms with Crippen molar-refractivity contribution in [2.75, 3.05) is 13.7 Å². The van der Waals surface area contributed by atoms with Crippen molar-refractivity contribution in [3.8, 4) is 0 Å². The molecule has 0 radical (unpaired) electrons. The van der Waals surface area contributed by atoms with Crippen LogP contribution in [0, 0.1) is 0 Å². The maximum atomic E-state index is 9.24. The molecular formula is C10H19N3O. The Bertz CT molecular complexity index is 254. The fourth-order valence-electron chi connectivity index (χ4n) is 1.53. The fraction of sp³-hybridized carbons (Fsp3) is 0.700. The van der Waals surface area contributed by atoms with Gasteiger partial charge in [0.25, 0.3) is 0 Å². The summed E-state index contributed by atoms with van der Waals surface area (Å²) in [5.41, 5.74) is -0.231. The van der Waals surface area contributed by atoms with Crippen molar-refractivity contribution in [2.24, 2.45) is 0 Å². The second-order valence-electron chi connectivity index (χ2n) is 4.01. The maximum absolute atomic E-state index is 9.24. The minimum absolute atomic E-state index is 0.134. The monoisotopic (exact) mass is 197 g/mol. The van der Waals surface area contributed by atoms with Gasteiger partial charge in [-0.2, -0.15) is 5.10 Å². The SMILES string of the molecule is CNC(C)(CO)CC(C)n1cccn1. The third kappa shape index (κ3) is 2.56. The van der Waals surface area contributed by atoms with E-state index in [1.807, 2.05) is 30.9 Å². The lowest BCUT2D eigenvalue weighted by Gasteiger charge is -2.29. The van der Waals surface area contributed by atoms with Gasteiger partial charge in [-0.3, -0.25) is 4.68 Å². The second-order valence-corrected chi connectivity index (χ2v) is 4.01. The first-order chi connectivity index (χ1) is 6.61. The van der Waals surface area contributed by atoms with Crippen molar-refractivity contribution in [3.05, 3.63) is 18.5 Å². The lowest BCUT2D eigenvalue weighted by atomic mass is 9.95. The van der Waals surface area contributed by atoms with Gasteiger partial charge in [0, 0.05) is 17.9 Å². The highest BCUT2D eigenvalue weighted by Gasteiger charge is 2.24. The van der Waals surface area contributed by atoms with Crippen LogP contribution in [0.1, 0.15) is 26.3 Å². The van der Waals surface area contributed by atoms with Crippen LogP contribution in [0.3, 0.4) is 0 Å². The standard InChI is InChI=1S/C10H19N3O/c1-9(13-6-4-5-12-13)7-10(2,8-14)11-3/h4-6,9,11,14H,7-8H2,1-3H3. The summed E-state index contributed by atoms with van der Waals surface area (Å²) in [5.74, 6) is 0. The topological polar surface area (TPSA) is 50.1 Å². The van der Waals surface area contributed by atoms with Gasteiger partial charge in [-0.25, -0.2) is 0 Å². The van der Waals surface area contributed by atoms with Crippen LogP contribution < -0.4 is 5.32 Å². The highest BCUT2D eigenvalue weighted by molar-refractivity contribution is 4.87. The van der Waals surface area contributed by atoms with Crippen molar-refractivity contribution in [1.29, 1.82) is 0 Å². The summed E-state index contributed by atoms with van der Waals surface area (Å²) in [6, 6.07) is 2.20. The van der Waals surface area contributed by atoms with E-state index in [0.717, 1.165) is 6.42 Å². The van der Waals surface area contributed by atoms with E-state index in [-0.39, 0.29) is 18.2 Å². The smallest absolute Gasteiger partial charge is 0.0611 e. The molecule has 0 bridgehead atoms. The average molecular weight is 197 g/mol. The van der Waals surface area contributed by atoms with Crippen LogP contribution >= 0.6 is 0 Å². The van der Waals surface area contributed by atoms with E-state index in [0.29, 0.717) is 0 Å². The summed E-state index contributed by atoms with van der Waals surface area (Å²) in [5, 5.41) is 16.5. The van der Waals surface area contributed by atoms with Gasteiger partial charge in [-0.1, -0.05) is 0 Å². The Morgan fingerprint density at radius 3 is 2.79 bits per heavy atom. The third-order valence-electron chi connectivity index (χ3n) is 2.67. The van der Waals surface area contributed by atoms with Gasteiger partial charge < -0.3 is 10.4 Å². The van der Waals surface area contributed by atoms with Gasteiger partial charge >= 0.3 is 0 Å². The zero-order chi connectivity index (χ0) is 10.6. The summed E-state index contributed by atoms with van der Waals surface area (Å²) >= 11 is 0. The minimum Gasteiger partial charge on any atom is -0.394 e. The molecule has 0 fully saturated rings. The predicted octanol–water partition coefficient (Wildman–Crippen LogP) is 0.805. The first-order valence-electron chi connectivity index (χ1n) is 4.90. The molecule has 0 saturated heterocycles. The number of likely N-dealkylation sites (N-methyl/N-ethyl adjacent to an activating group) is 1. The zero-order valence-corrected chi connectivity index (χ0v) is 9.07. The molecule has 0 spiro atoms. The molecule has 2 N–H and O–H groups in total. The van der Waals surface area contributed by atoms with Crippen LogP contribution in [-0.2, 0) is 0 Å². The molecule has 4 heteroatoms. The molecule has 4 nitrogen and oxygen atoms in total. The number of rotatable bonds is 5. The van der Waals surface area contributed by atoms with Crippen molar-refractivity contribution in [1.82, 2.24) is 15.1 Å². The molecule has 0 saturated carbocycles. The summed E-state index contributed by atoms with van der Waals surface area (Å²) in [6.45, 7) is 4.24. The van der Waals surface area contributed by atoms with E-state index in [1.54, 1.807) is 6.20 Å². The van der Waals surface area contributed by atoms with Crippen molar-refractivity contribution >= 4 is 0 Å². The second kappa shape index (κ2) is 4.57. The van der Waals surface area contributed by atoms with E-state index in [2.05, 4.69) is 17.3 Å². The molecule has 0 aromatic carbocycles. The Balaban J connectivity index is 2.60. The zero-order valence-electron chi connectivity index (χ0n) is 9.07. The number of aliphatic hydroxyl groups excluding tert-OH is 1. The van der Waals surface area contributed by atoms with Crippen LogP contribution in [0.2, 0.25) is 0 Å². The molecule has 14 heavy (non-hydrogen) atoms. The Morgan fingerprint density at radius 2 is 2.36 bits per heavy atom. The highest BCUT2D eigenvalue weighted by atomic mass is 16.3. The molecule has 1 heterocycles. The van der Waals surface area contributed by atoms with Gasteiger partial charge in [0.05, 0.1) is 12.6 Å². The first kappa shape index (κ1) is 11.2. The quantitative estimate of drug-likeness (QED) is 0.734. The number of aromatic nitrogens is 2. The molecular weight excluding hydrogens is 178 g/mol. The first-order valence-corrected chi connectivity index (χ1v) is 4.90. The molecule has 1 rings (SSSR count). The number of hydrogen-bond donors (Lipinski definition) is 2. The predicted molar refractivity (Wildman–Crippen MR) is 56.1 cm³/mol. The summed E-state index contributed by atoms with van der Waals surface area (Å²) in [7, 11) is 1.87. The largest absolute Gasteiger partial charge is 0.394 e. The molecule has 0 aliphatic heterocycles. The molecule has 80 valence electrons. The lowest BCUT2D eigenvalue weighted by Crippen LogP contribution is -2.44. The number of nitrogens with one attached hydrogen (secondary N) is 1. The molecule has 0 amide bonds. The average Bonchev–Trinajstić information content (AvgIpc) is 2.70. The molecule has 2 unspecified atom stereocenters. The Kier molecular flexibility index (Phi) is 3.66. The summed E-state index contributed by atoms with van der Waals surface area (Å²) in [4.78, 5) is 0. The van der Waals surface area contributed by atoms with Gasteiger partial charge in [-0.15, -0.1) is 0 Å². The Hall–Kier alpha value is -0.870. The van der Waals surface area contributed by atoms with Crippen LogP contribution in [0.25, 0.3) is 0 Å². The molecule has 2 atom stereocenters. The fourth-order valence-corrected chi connectivity index (χ4v) is 1.53. The van der Waals surface area contributed by atoms with E-state index in [4.69, 9.17) is 0 Å². The third-order valence-corrected chi connectivity index (χ3v) is 2.67. The Morgan fingerprint density at radius 1 is 1.64 bits per heavy atom. The van der Waals surface area contributed by atoms with E-state index in [9.17, 15) is 5.11 Å². The molecule has 0 aliphatic rings. The normalized spacial score (nSPS) is 17.7. The molecule has 0 aliphatic carbocycles. The van der Waals surface area contributed by atoms with E-state index >= 15 is 0 Å². The van der Waals surface area contributed by atoms with Crippen LogP contribution in [0.15, 0.2) is 18.5 Å². The maximum Gasteiger partial charge on any atom is 0.0611 e. The van der Waals surface area contributed by atoms with Gasteiger partial charge in [0.1, 0.15) is 0 Å². The lowest BCUT2D eigenvalue weighted by molar-refractivity contribution is 0.156. The van der Waals surface area contributed by atoms with Crippen molar-refractivity contribution in [3.63, 3.8) is 0 Å². The van der Waals surface area contributed by atoms with E-state index in [1.165, 1.54) is 0 Å². The van der Waals surface area contributed by atoms with Crippen LogP contribution in [0.4, 0.5) is 0 Å². The van der Waals surface area contributed by atoms with Gasteiger partial charge in [-0.05, 0) is 33.4 Å². The minimum atomic E-state index is -0.231. The highest BCUT2D eigenvalue weighted by Crippen LogP contribution is 2.19. The van der Waals surface area contributed by atoms with Gasteiger partial charge in [0.2, 0.25) is 0 Å². The summed E-state index contributed by atoms with van der Waals surface area (Å²) in [6.07, 6.45) is 4.56. The van der Waals surface area contributed by atoms with Crippen molar-refractivity contribution < 1.29 is 5.11 Å². The number of hydrogen-bond acceptors (Lipinski definition) is 3. The Labute approximate surface area is 84.9 Å². The van der Waals surface area contributed by atoms with Crippen LogP contribution in [0.5, 0.6) is 0 Å². The number of nitrogens with zero attached hydrogens (tertiary/aromatic N) is 2. The summed E-state index contributed by atoms with van der Waals surface area (Å²) < 4.78 is 1.91. The van der Waals surface area contributed by atoms with Crippen LogP contribution in [-0.4, -0.2) is 34.1 Å². The van der Waals surface area contributed by atoms with Gasteiger partial charge in [0.15, 0.2) is 0 Å². The van der Waals surface area contributed by atoms with E-state index < -0.39 is 0 Å².